The predicted molar refractivity (Wildman–Crippen MR) is 111 cm³/mol. The molecule has 0 unspecified atom stereocenters. The number of rotatable bonds is 8. The number of benzene rings is 2. The van der Waals surface area contributed by atoms with E-state index in [1.807, 2.05) is 0 Å². The lowest BCUT2D eigenvalue weighted by Gasteiger charge is -2.29. The van der Waals surface area contributed by atoms with Crippen LogP contribution in [0.25, 0.3) is 0 Å². The summed E-state index contributed by atoms with van der Waals surface area (Å²) in [6.07, 6.45) is 5.77. The van der Waals surface area contributed by atoms with Crippen molar-refractivity contribution in [2.75, 3.05) is 0 Å². The van der Waals surface area contributed by atoms with Gasteiger partial charge in [0.25, 0.3) is 0 Å². The minimum absolute atomic E-state index is 0.368. The van der Waals surface area contributed by atoms with Crippen LogP contribution in [0.2, 0.25) is 0 Å². The van der Waals surface area contributed by atoms with Gasteiger partial charge in [0.1, 0.15) is 29.0 Å². The summed E-state index contributed by atoms with van der Waals surface area (Å²) in [5.41, 5.74) is -0.197. The van der Waals surface area contributed by atoms with E-state index in [2.05, 4.69) is 11.7 Å². The molecule has 1 fully saturated rings. The van der Waals surface area contributed by atoms with E-state index in [0.717, 1.165) is 24.3 Å². The molecule has 0 N–H and O–H groups in total. The number of halogens is 4. The first-order valence-electron chi connectivity index (χ1n) is 10.9. The highest BCUT2D eigenvalue weighted by Gasteiger charge is 2.35. The third kappa shape index (κ3) is 5.78. The molecule has 0 spiro atoms. The number of alkyl halides is 2. The Labute approximate surface area is 180 Å². The van der Waals surface area contributed by atoms with Gasteiger partial charge < -0.3 is 4.74 Å². The Kier molecular flexibility index (Phi) is 7.59. The summed E-state index contributed by atoms with van der Waals surface area (Å²) in [4.78, 5) is 0. The first-order chi connectivity index (χ1) is 14.8. The van der Waals surface area contributed by atoms with Gasteiger partial charge in [0.2, 0.25) is 0 Å². The lowest BCUT2D eigenvalue weighted by Crippen LogP contribution is -2.22. The van der Waals surface area contributed by atoms with Crippen molar-refractivity contribution in [3.63, 3.8) is 0 Å². The van der Waals surface area contributed by atoms with E-state index in [4.69, 9.17) is 5.26 Å². The van der Waals surface area contributed by atoms with Crippen LogP contribution in [0.4, 0.5) is 17.6 Å². The van der Waals surface area contributed by atoms with Gasteiger partial charge in [-0.25, -0.2) is 8.78 Å². The summed E-state index contributed by atoms with van der Waals surface area (Å²) in [7, 11) is 0. The molecule has 0 heterocycles. The van der Waals surface area contributed by atoms with E-state index >= 15 is 0 Å². The van der Waals surface area contributed by atoms with Crippen LogP contribution >= 0.6 is 0 Å². The average molecular weight is 433 g/mol. The van der Waals surface area contributed by atoms with E-state index in [1.165, 1.54) is 56.7 Å². The monoisotopic (exact) mass is 433 g/mol. The van der Waals surface area contributed by atoms with Gasteiger partial charge in [0.15, 0.2) is 0 Å². The summed E-state index contributed by atoms with van der Waals surface area (Å²) < 4.78 is 61.0. The fraction of sp³-hybridized carbons (Fsp3) is 0.480. The largest absolute Gasteiger partial charge is 0.429 e. The first kappa shape index (κ1) is 23.1. The Morgan fingerprint density at radius 3 is 2.16 bits per heavy atom. The van der Waals surface area contributed by atoms with Crippen LogP contribution in [-0.4, -0.2) is 0 Å². The van der Waals surface area contributed by atoms with Crippen molar-refractivity contribution in [2.45, 2.75) is 70.3 Å². The Morgan fingerprint density at radius 1 is 1.00 bits per heavy atom. The Balaban J connectivity index is 1.62. The zero-order valence-electron chi connectivity index (χ0n) is 17.6. The standard InChI is InChI=1S/C25H27F4NO/c1-2-3-4-5-17-6-8-18(9-7-17)19-10-12-20(13-11-19)25(28,29)31-21-14-23(26)22(16-30)24(27)15-21/h10-15,17-18H,2-9H2,1H3/t17-,18-. The van der Waals surface area contributed by atoms with Crippen LogP contribution in [0.5, 0.6) is 5.75 Å². The van der Waals surface area contributed by atoms with Crippen molar-refractivity contribution >= 4 is 0 Å². The van der Waals surface area contributed by atoms with Gasteiger partial charge in [-0.15, -0.1) is 0 Å². The van der Waals surface area contributed by atoms with Crippen molar-refractivity contribution < 1.29 is 22.3 Å². The Morgan fingerprint density at radius 2 is 1.61 bits per heavy atom. The SMILES string of the molecule is CCCCC[C@H]1CC[C@H](c2ccc(C(F)(F)Oc3cc(F)c(C#N)c(F)c3)cc2)CC1. The van der Waals surface area contributed by atoms with E-state index in [0.29, 0.717) is 18.1 Å². The summed E-state index contributed by atoms with van der Waals surface area (Å²) in [6, 6.07) is 8.50. The second-order valence-electron chi connectivity index (χ2n) is 8.33. The maximum absolute atomic E-state index is 14.5. The molecule has 0 saturated heterocycles. The number of ether oxygens (including phenoxy) is 1. The van der Waals surface area contributed by atoms with Gasteiger partial charge in [-0.1, -0.05) is 44.7 Å². The molecular formula is C25H27F4NO. The molecule has 6 heteroatoms. The first-order valence-corrected chi connectivity index (χ1v) is 10.9. The maximum Gasteiger partial charge on any atom is 0.426 e. The van der Waals surface area contributed by atoms with E-state index < -0.39 is 34.6 Å². The predicted octanol–water partition coefficient (Wildman–Crippen LogP) is 7.82. The molecule has 1 aliphatic carbocycles. The molecule has 0 radical (unpaired) electrons. The molecule has 0 atom stereocenters. The van der Waals surface area contributed by atoms with Gasteiger partial charge >= 0.3 is 6.11 Å². The highest BCUT2D eigenvalue weighted by Crippen LogP contribution is 2.39. The van der Waals surface area contributed by atoms with Crippen LogP contribution in [0.1, 0.15) is 80.9 Å². The fourth-order valence-electron chi connectivity index (χ4n) is 4.34. The third-order valence-electron chi connectivity index (χ3n) is 6.15. The lowest BCUT2D eigenvalue weighted by molar-refractivity contribution is -0.185. The molecule has 31 heavy (non-hydrogen) atoms. The molecule has 0 bridgehead atoms. The summed E-state index contributed by atoms with van der Waals surface area (Å²) in [5.74, 6) is -2.02. The molecule has 1 aliphatic rings. The van der Waals surface area contributed by atoms with Crippen molar-refractivity contribution in [3.05, 3.63) is 64.7 Å². The molecule has 0 amide bonds. The molecular weight excluding hydrogens is 406 g/mol. The van der Waals surface area contributed by atoms with Crippen LogP contribution in [0, 0.1) is 28.9 Å². The molecule has 2 aromatic carbocycles. The topological polar surface area (TPSA) is 33.0 Å². The Bertz CT molecular complexity index is 889. The second kappa shape index (κ2) is 10.2. The fourth-order valence-corrected chi connectivity index (χ4v) is 4.34. The summed E-state index contributed by atoms with van der Waals surface area (Å²) in [5, 5.41) is 8.68. The number of unbranched alkanes of at least 4 members (excludes halogenated alkanes) is 2. The zero-order valence-corrected chi connectivity index (χ0v) is 17.6. The van der Waals surface area contributed by atoms with Crippen LogP contribution in [0.15, 0.2) is 36.4 Å². The van der Waals surface area contributed by atoms with E-state index in [1.54, 1.807) is 12.1 Å². The summed E-state index contributed by atoms with van der Waals surface area (Å²) >= 11 is 0. The number of nitrogens with zero attached hydrogens (tertiary/aromatic N) is 1. The number of hydrogen-bond acceptors (Lipinski definition) is 2. The van der Waals surface area contributed by atoms with Crippen LogP contribution in [0.3, 0.4) is 0 Å². The van der Waals surface area contributed by atoms with Crippen molar-refractivity contribution in [2.24, 2.45) is 5.92 Å². The molecule has 1 saturated carbocycles. The van der Waals surface area contributed by atoms with E-state index in [-0.39, 0.29) is 0 Å². The molecule has 0 aromatic heterocycles. The normalized spacial score (nSPS) is 19.1. The van der Waals surface area contributed by atoms with Gasteiger partial charge in [0.05, 0.1) is 5.56 Å². The molecule has 2 aromatic rings. The van der Waals surface area contributed by atoms with Gasteiger partial charge in [-0.05, 0) is 55.2 Å². The van der Waals surface area contributed by atoms with Gasteiger partial charge in [-0.2, -0.15) is 14.0 Å². The smallest absolute Gasteiger partial charge is 0.426 e. The molecule has 2 nitrogen and oxygen atoms in total. The third-order valence-corrected chi connectivity index (χ3v) is 6.15. The molecule has 166 valence electrons. The van der Waals surface area contributed by atoms with Crippen LogP contribution < -0.4 is 4.74 Å². The highest BCUT2D eigenvalue weighted by molar-refractivity contribution is 5.38. The molecule has 3 rings (SSSR count). The minimum Gasteiger partial charge on any atom is -0.429 e. The van der Waals surface area contributed by atoms with Gasteiger partial charge in [-0.3, -0.25) is 0 Å². The lowest BCUT2D eigenvalue weighted by atomic mass is 9.77. The summed E-state index contributed by atoms with van der Waals surface area (Å²) in [6.45, 7) is 2.20. The van der Waals surface area contributed by atoms with Crippen molar-refractivity contribution in [1.29, 1.82) is 5.26 Å². The quantitative estimate of drug-likeness (QED) is 0.314. The number of hydrogen-bond donors (Lipinski definition) is 0. The van der Waals surface area contributed by atoms with Crippen LogP contribution in [-0.2, 0) is 6.11 Å². The average Bonchev–Trinajstić information content (AvgIpc) is 2.74. The van der Waals surface area contributed by atoms with Crippen molar-refractivity contribution in [3.8, 4) is 11.8 Å². The second-order valence-corrected chi connectivity index (χ2v) is 8.33. The molecule has 0 aliphatic heterocycles. The highest BCUT2D eigenvalue weighted by atomic mass is 19.3. The Hall–Kier alpha value is -2.55. The van der Waals surface area contributed by atoms with Crippen molar-refractivity contribution in [1.82, 2.24) is 0 Å². The minimum atomic E-state index is -3.76. The van der Waals surface area contributed by atoms with Gasteiger partial charge in [0, 0.05) is 12.1 Å². The maximum atomic E-state index is 14.5. The number of nitriles is 1. The van der Waals surface area contributed by atoms with E-state index in [9.17, 15) is 17.6 Å². The zero-order chi connectivity index (χ0) is 22.4.